The van der Waals surface area contributed by atoms with E-state index in [1.165, 1.54) is 37.3 Å². The summed E-state index contributed by atoms with van der Waals surface area (Å²) in [7, 11) is 0. The van der Waals surface area contributed by atoms with Gasteiger partial charge in [-0.15, -0.1) is 0 Å². The van der Waals surface area contributed by atoms with Crippen LogP contribution in [-0.2, 0) is 9.53 Å². The Kier molecular flexibility index (Phi) is 7.28. The maximum atomic E-state index is 13.0. The average molecular weight is 439 g/mol. The van der Waals surface area contributed by atoms with E-state index in [2.05, 4.69) is 10.1 Å². The maximum Gasteiger partial charge on any atom is 0.387 e. The highest BCUT2D eigenvalue weighted by Crippen LogP contribution is 2.26. The van der Waals surface area contributed by atoms with Crippen LogP contribution in [0.25, 0.3) is 0 Å². The third kappa shape index (κ3) is 5.75. The van der Waals surface area contributed by atoms with Gasteiger partial charge in [-0.05, 0) is 31.2 Å². The van der Waals surface area contributed by atoms with Crippen LogP contribution < -0.4 is 10.1 Å². The van der Waals surface area contributed by atoms with E-state index in [4.69, 9.17) is 4.74 Å². The van der Waals surface area contributed by atoms with E-state index in [1.54, 1.807) is 48.5 Å². The van der Waals surface area contributed by atoms with Gasteiger partial charge < -0.3 is 14.8 Å². The molecule has 3 rings (SSSR count). The number of carbonyl (C=O) groups is 3. The Morgan fingerprint density at radius 1 is 0.875 bits per heavy atom. The summed E-state index contributed by atoms with van der Waals surface area (Å²) in [6.07, 6.45) is -1.38. The Morgan fingerprint density at radius 3 is 2.25 bits per heavy atom. The maximum absolute atomic E-state index is 13.0. The van der Waals surface area contributed by atoms with Crippen molar-refractivity contribution in [2.24, 2.45) is 0 Å². The summed E-state index contributed by atoms with van der Waals surface area (Å²) in [6, 6.07) is 19.9. The molecule has 3 aromatic rings. The molecule has 1 amide bonds. The van der Waals surface area contributed by atoms with Gasteiger partial charge in [-0.1, -0.05) is 54.6 Å². The fourth-order valence-electron chi connectivity index (χ4n) is 2.93. The average Bonchev–Trinajstić information content (AvgIpc) is 2.78. The highest BCUT2D eigenvalue weighted by atomic mass is 19.3. The van der Waals surface area contributed by atoms with Crippen LogP contribution in [-0.4, -0.2) is 24.3 Å². The molecule has 6 nitrogen and oxygen atoms in total. The van der Waals surface area contributed by atoms with E-state index in [0.29, 0.717) is 16.8 Å². The number of ether oxygens (including phenoxy) is 2. The molecule has 0 radical (unpaired) electrons. The minimum atomic E-state index is -3.13. The summed E-state index contributed by atoms with van der Waals surface area (Å²) < 4.78 is 35.2. The molecule has 1 N–H and O–H groups in total. The molecule has 3 aromatic carbocycles. The lowest BCUT2D eigenvalue weighted by Gasteiger charge is -2.19. The second-order valence-electron chi connectivity index (χ2n) is 6.70. The Labute approximate surface area is 182 Å². The van der Waals surface area contributed by atoms with Gasteiger partial charge in [0.2, 0.25) is 6.10 Å². The molecule has 8 heteroatoms. The highest BCUT2D eigenvalue weighted by Gasteiger charge is 2.27. The molecular formula is C24H19F2NO5. The fourth-order valence-corrected chi connectivity index (χ4v) is 2.93. The van der Waals surface area contributed by atoms with Crippen LogP contribution in [0, 0.1) is 0 Å². The minimum Gasteiger partial charge on any atom is -0.444 e. The van der Waals surface area contributed by atoms with Gasteiger partial charge in [0.15, 0.2) is 5.78 Å². The van der Waals surface area contributed by atoms with Gasteiger partial charge in [-0.3, -0.25) is 9.59 Å². The number of amides is 1. The Hall–Kier alpha value is -4.07. The normalized spacial score (nSPS) is 11.5. The summed E-state index contributed by atoms with van der Waals surface area (Å²) in [5.41, 5.74) is 0.851. The smallest absolute Gasteiger partial charge is 0.387 e. The molecule has 0 aliphatic rings. The molecule has 0 spiro atoms. The molecule has 0 aliphatic carbocycles. The van der Waals surface area contributed by atoms with Crippen LogP contribution >= 0.6 is 0 Å². The first-order valence-corrected chi connectivity index (χ1v) is 9.57. The molecule has 0 bridgehead atoms. The first-order chi connectivity index (χ1) is 15.3. The van der Waals surface area contributed by atoms with Gasteiger partial charge in [-0.25, -0.2) is 4.79 Å². The van der Waals surface area contributed by atoms with Gasteiger partial charge in [0.1, 0.15) is 11.3 Å². The number of nitrogens with one attached hydrogen (secondary N) is 1. The van der Waals surface area contributed by atoms with Gasteiger partial charge in [0, 0.05) is 16.8 Å². The van der Waals surface area contributed by atoms with Crippen molar-refractivity contribution < 1.29 is 32.6 Å². The van der Waals surface area contributed by atoms with E-state index in [9.17, 15) is 23.2 Å². The number of hydrogen-bond acceptors (Lipinski definition) is 5. The Balaban J connectivity index is 1.88. The van der Waals surface area contributed by atoms with Crippen LogP contribution in [0.2, 0.25) is 0 Å². The van der Waals surface area contributed by atoms with Crippen molar-refractivity contribution >= 4 is 23.3 Å². The third-order valence-corrected chi connectivity index (χ3v) is 4.43. The van der Waals surface area contributed by atoms with Crippen molar-refractivity contribution in [1.82, 2.24) is 0 Å². The van der Waals surface area contributed by atoms with Crippen molar-refractivity contribution in [3.63, 3.8) is 0 Å². The predicted molar refractivity (Wildman–Crippen MR) is 113 cm³/mol. The summed E-state index contributed by atoms with van der Waals surface area (Å²) in [5.74, 6) is -2.24. The lowest BCUT2D eigenvalue weighted by atomic mass is 10.1. The van der Waals surface area contributed by atoms with Crippen molar-refractivity contribution in [3.8, 4) is 5.75 Å². The van der Waals surface area contributed by atoms with Gasteiger partial charge >= 0.3 is 12.6 Å². The lowest BCUT2D eigenvalue weighted by molar-refractivity contribution is -0.125. The number of ketones is 1. The fraction of sp³-hybridized carbons (Fsp3) is 0.125. The van der Waals surface area contributed by atoms with Crippen LogP contribution in [0.1, 0.15) is 39.3 Å². The summed E-state index contributed by atoms with van der Waals surface area (Å²) >= 11 is 0. The van der Waals surface area contributed by atoms with Crippen molar-refractivity contribution in [2.45, 2.75) is 19.6 Å². The van der Waals surface area contributed by atoms with Crippen LogP contribution in [0.5, 0.6) is 5.75 Å². The number of carbonyl (C=O) groups excluding carboxylic acids is 3. The molecule has 32 heavy (non-hydrogen) atoms. The Bertz CT molecular complexity index is 1120. The third-order valence-electron chi connectivity index (χ3n) is 4.43. The monoisotopic (exact) mass is 439 g/mol. The zero-order valence-electron chi connectivity index (χ0n) is 17.0. The molecule has 1 atom stereocenters. The summed E-state index contributed by atoms with van der Waals surface area (Å²) in [4.78, 5) is 37.4. The second kappa shape index (κ2) is 10.3. The lowest BCUT2D eigenvalue weighted by Crippen LogP contribution is -2.26. The van der Waals surface area contributed by atoms with Crippen molar-refractivity contribution in [3.05, 3.63) is 95.6 Å². The van der Waals surface area contributed by atoms with Crippen LogP contribution in [0.3, 0.4) is 0 Å². The molecule has 0 fully saturated rings. The van der Waals surface area contributed by atoms with Gasteiger partial charge in [-0.2, -0.15) is 8.78 Å². The van der Waals surface area contributed by atoms with E-state index in [0.717, 1.165) is 0 Å². The molecule has 1 unspecified atom stereocenters. The zero-order chi connectivity index (χ0) is 23.1. The number of halogens is 2. The minimum absolute atomic E-state index is 0.178. The van der Waals surface area contributed by atoms with Gasteiger partial charge in [0.25, 0.3) is 5.91 Å². The molecule has 164 valence electrons. The van der Waals surface area contributed by atoms with E-state index in [1.807, 2.05) is 0 Å². The number of rotatable bonds is 8. The number of para-hydroxylation sites is 1. The van der Waals surface area contributed by atoms with E-state index >= 15 is 0 Å². The first-order valence-electron chi connectivity index (χ1n) is 9.57. The molecule has 0 aromatic heterocycles. The quantitative estimate of drug-likeness (QED) is 0.393. The number of alkyl halides is 2. The van der Waals surface area contributed by atoms with Crippen molar-refractivity contribution in [1.29, 1.82) is 0 Å². The molecule has 0 heterocycles. The Morgan fingerprint density at radius 2 is 1.56 bits per heavy atom. The predicted octanol–water partition coefficient (Wildman–Crippen LogP) is 5.03. The number of hydrogen-bond donors (Lipinski definition) is 1. The SMILES string of the molecule is CC(=O)c1cccc(NC(=O)C(OC(=O)c2ccccc2OC(F)F)c2ccccc2)c1. The largest absolute Gasteiger partial charge is 0.444 e. The van der Waals surface area contributed by atoms with E-state index in [-0.39, 0.29) is 17.1 Å². The van der Waals surface area contributed by atoms with Crippen LogP contribution in [0.4, 0.5) is 14.5 Å². The molecule has 0 saturated carbocycles. The molecular weight excluding hydrogens is 420 g/mol. The van der Waals surface area contributed by atoms with Crippen LogP contribution in [0.15, 0.2) is 78.9 Å². The number of esters is 1. The second-order valence-corrected chi connectivity index (χ2v) is 6.70. The number of anilines is 1. The summed E-state index contributed by atoms with van der Waals surface area (Å²) in [6.45, 7) is -1.74. The number of Topliss-reactive ketones (excluding diaryl/α,β-unsaturated/α-hetero) is 1. The van der Waals surface area contributed by atoms with Gasteiger partial charge in [0.05, 0.1) is 0 Å². The molecule has 0 saturated heterocycles. The van der Waals surface area contributed by atoms with E-state index < -0.39 is 24.6 Å². The molecule has 0 aliphatic heterocycles. The standard InChI is InChI=1S/C24H19F2NO5/c1-15(28)17-10-7-11-18(14-17)27-22(29)21(16-8-3-2-4-9-16)32-23(30)19-12-5-6-13-20(19)31-24(25)26/h2-14,21,24H,1H3,(H,27,29). The number of benzene rings is 3. The highest BCUT2D eigenvalue weighted by molar-refractivity contribution is 6.00. The zero-order valence-corrected chi connectivity index (χ0v) is 17.0. The first kappa shape index (κ1) is 22.6. The summed E-state index contributed by atoms with van der Waals surface area (Å²) in [5, 5.41) is 2.62. The van der Waals surface area contributed by atoms with Crippen molar-refractivity contribution in [2.75, 3.05) is 5.32 Å². The topological polar surface area (TPSA) is 81.7 Å².